The van der Waals surface area contributed by atoms with Gasteiger partial charge in [-0.1, -0.05) is 23.5 Å². The number of nitrogens with zero attached hydrogens (tertiary/aromatic N) is 2. The van der Waals surface area contributed by atoms with Crippen molar-refractivity contribution in [3.8, 4) is 11.8 Å². The van der Waals surface area contributed by atoms with Crippen LogP contribution < -0.4 is 15.4 Å². The molecular formula is C16H16N4O2S. The number of hydrogen-bond donors (Lipinski definition) is 2. The zero-order chi connectivity index (χ0) is 16.2. The molecule has 1 aromatic heterocycles. The number of carbonyl (C=O) groups is 1. The molecule has 0 radical (unpaired) electrons. The average Bonchev–Trinajstić information content (AvgIpc) is 2.98. The van der Waals surface area contributed by atoms with Gasteiger partial charge in [-0.05, 0) is 36.5 Å². The fourth-order valence-electron chi connectivity index (χ4n) is 2.59. The lowest BCUT2D eigenvalue weighted by molar-refractivity contribution is 0.233. The Labute approximate surface area is 138 Å². The summed E-state index contributed by atoms with van der Waals surface area (Å²) in [5.41, 5.74) is 1.27. The van der Waals surface area contributed by atoms with Crippen LogP contribution in [-0.2, 0) is 0 Å². The third kappa shape index (κ3) is 3.60. The highest BCUT2D eigenvalue weighted by molar-refractivity contribution is 7.16. The first-order valence-electron chi connectivity index (χ1n) is 7.25. The van der Waals surface area contributed by atoms with Gasteiger partial charge >= 0.3 is 6.03 Å². The molecule has 0 unspecified atom stereocenters. The van der Waals surface area contributed by atoms with Gasteiger partial charge in [-0.25, -0.2) is 9.78 Å². The van der Waals surface area contributed by atoms with Crippen molar-refractivity contribution < 1.29 is 9.53 Å². The van der Waals surface area contributed by atoms with Crippen LogP contribution in [0.5, 0.6) is 5.75 Å². The molecule has 0 aliphatic heterocycles. The van der Waals surface area contributed by atoms with Crippen molar-refractivity contribution in [1.82, 2.24) is 10.3 Å². The minimum Gasteiger partial charge on any atom is -0.497 e. The van der Waals surface area contributed by atoms with Crippen molar-refractivity contribution in [3.05, 3.63) is 40.9 Å². The molecule has 7 heteroatoms. The topological polar surface area (TPSA) is 87.0 Å². The fourth-order valence-corrected chi connectivity index (χ4v) is 3.19. The molecule has 1 aromatic carbocycles. The second kappa shape index (κ2) is 6.67. The summed E-state index contributed by atoms with van der Waals surface area (Å²) in [5, 5.41) is 14.7. The molecule has 0 atom stereocenters. The number of anilines is 1. The van der Waals surface area contributed by atoms with E-state index in [9.17, 15) is 4.79 Å². The van der Waals surface area contributed by atoms with E-state index in [1.165, 1.54) is 11.8 Å². The van der Waals surface area contributed by atoms with Crippen LogP contribution in [0.25, 0.3) is 0 Å². The number of nitriles is 1. The van der Waals surface area contributed by atoms with Crippen molar-refractivity contribution in [2.24, 2.45) is 0 Å². The Balaban J connectivity index is 1.46. The smallest absolute Gasteiger partial charge is 0.321 e. The Morgan fingerprint density at radius 3 is 2.74 bits per heavy atom. The minimum absolute atomic E-state index is 0.164. The van der Waals surface area contributed by atoms with Crippen molar-refractivity contribution >= 4 is 22.5 Å². The Bertz CT molecular complexity index is 729. The van der Waals surface area contributed by atoms with Crippen LogP contribution in [0, 0.1) is 11.3 Å². The average molecular weight is 328 g/mol. The van der Waals surface area contributed by atoms with Crippen molar-refractivity contribution in [3.63, 3.8) is 0 Å². The second-order valence-electron chi connectivity index (χ2n) is 5.38. The van der Waals surface area contributed by atoms with E-state index in [0.29, 0.717) is 15.9 Å². The summed E-state index contributed by atoms with van der Waals surface area (Å²) in [6.45, 7) is 0. The molecular weight excluding hydrogens is 312 g/mol. The molecule has 0 bridgehead atoms. The Morgan fingerprint density at radius 1 is 1.39 bits per heavy atom. The number of amides is 2. The van der Waals surface area contributed by atoms with Gasteiger partial charge < -0.3 is 10.1 Å². The van der Waals surface area contributed by atoms with E-state index in [1.54, 1.807) is 7.11 Å². The Morgan fingerprint density at radius 2 is 2.13 bits per heavy atom. The number of nitrogens with one attached hydrogen (secondary N) is 2. The third-order valence-corrected chi connectivity index (χ3v) is 4.71. The summed E-state index contributed by atoms with van der Waals surface area (Å²) in [5.74, 6) is 1.32. The van der Waals surface area contributed by atoms with Crippen LogP contribution in [0.1, 0.15) is 29.2 Å². The predicted octanol–water partition coefficient (Wildman–Crippen LogP) is 3.09. The van der Waals surface area contributed by atoms with Crippen LogP contribution >= 0.6 is 11.3 Å². The number of rotatable bonds is 4. The quantitative estimate of drug-likeness (QED) is 0.903. The number of aromatic nitrogens is 1. The molecule has 1 fully saturated rings. The molecule has 2 aromatic rings. The highest BCUT2D eigenvalue weighted by Gasteiger charge is 2.31. The van der Waals surface area contributed by atoms with Crippen LogP contribution in [0.15, 0.2) is 30.5 Å². The fraction of sp³-hybridized carbons (Fsp3) is 0.312. The maximum atomic E-state index is 11.9. The summed E-state index contributed by atoms with van der Waals surface area (Å²) < 4.78 is 5.15. The van der Waals surface area contributed by atoms with Gasteiger partial charge in [0.15, 0.2) is 5.13 Å². The minimum atomic E-state index is -0.276. The van der Waals surface area contributed by atoms with E-state index in [4.69, 9.17) is 10.00 Å². The zero-order valence-electron chi connectivity index (χ0n) is 12.6. The van der Waals surface area contributed by atoms with Crippen LogP contribution in [-0.4, -0.2) is 24.2 Å². The molecule has 6 nitrogen and oxygen atoms in total. The summed E-state index contributed by atoms with van der Waals surface area (Å²) >= 11 is 1.16. The Kier molecular flexibility index (Phi) is 4.44. The number of ether oxygens (including phenoxy) is 1. The number of benzene rings is 1. The molecule has 3 rings (SSSR count). The van der Waals surface area contributed by atoms with E-state index in [2.05, 4.69) is 27.8 Å². The lowest BCUT2D eigenvalue weighted by Gasteiger charge is -2.36. The third-order valence-electron chi connectivity index (χ3n) is 3.90. The van der Waals surface area contributed by atoms with Gasteiger partial charge in [-0.2, -0.15) is 5.26 Å². The molecule has 0 saturated heterocycles. The molecule has 2 amide bonds. The SMILES string of the molecule is COc1ccc(C2CC(NC(=O)Nc3ncc(C#N)s3)C2)cc1. The first-order valence-corrected chi connectivity index (χ1v) is 8.07. The summed E-state index contributed by atoms with van der Waals surface area (Å²) in [4.78, 5) is 16.3. The molecule has 118 valence electrons. The van der Waals surface area contributed by atoms with Gasteiger partial charge in [0, 0.05) is 6.04 Å². The van der Waals surface area contributed by atoms with Crippen LogP contribution in [0.3, 0.4) is 0 Å². The maximum absolute atomic E-state index is 11.9. The lowest BCUT2D eigenvalue weighted by atomic mass is 9.76. The van der Waals surface area contributed by atoms with Gasteiger partial charge in [0.05, 0.1) is 13.3 Å². The van der Waals surface area contributed by atoms with Gasteiger partial charge in [-0.3, -0.25) is 5.32 Å². The number of methoxy groups -OCH3 is 1. The van der Waals surface area contributed by atoms with Crippen molar-refractivity contribution in [1.29, 1.82) is 5.26 Å². The number of urea groups is 1. The lowest BCUT2D eigenvalue weighted by Crippen LogP contribution is -2.45. The van der Waals surface area contributed by atoms with Gasteiger partial charge in [0.25, 0.3) is 0 Å². The van der Waals surface area contributed by atoms with Crippen molar-refractivity contribution in [2.45, 2.75) is 24.8 Å². The van der Waals surface area contributed by atoms with Crippen LogP contribution in [0.4, 0.5) is 9.93 Å². The molecule has 0 spiro atoms. The van der Waals surface area contributed by atoms with E-state index in [1.807, 2.05) is 18.2 Å². The van der Waals surface area contributed by atoms with Gasteiger partial charge in [0.1, 0.15) is 16.7 Å². The monoisotopic (exact) mass is 328 g/mol. The second-order valence-corrected chi connectivity index (χ2v) is 6.41. The first kappa shape index (κ1) is 15.3. The van der Waals surface area contributed by atoms with Gasteiger partial charge in [0.2, 0.25) is 0 Å². The summed E-state index contributed by atoms with van der Waals surface area (Å²) in [7, 11) is 1.65. The zero-order valence-corrected chi connectivity index (χ0v) is 13.4. The number of hydrogen-bond acceptors (Lipinski definition) is 5. The van der Waals surface area contributed by atoms with Gasteiger partial charge in [-0.15, -0.1) is 0 Å². The normalized spacial score (nSPS) is 19.3. The first-order chi connectivity index (χ1) is 11.2. The van der Waals surface area contributed by atoms with E-state index < -0.39 is 0 Å². The van der Waals surface area contributed by atoms with E-state index in [-0.39, 0.29) is 12.1 Å². The highest BCUT2D eigenvalue weighted by Crippen LogP contribution is 2.37. The number of carbonyl (C=O) groups excluding carboxylic acids is 1. The Hall–Kier alpha value is -2.59. The molecule has 23 heavy (non-hydrogen) atoms. The standard InChI is InChI=1S/C16H16N4O2S/c1-22-13-4-2-10(3-5-13)11-6-12(7-11)19-15(21)20-16-18-9-14(8-17)23-16/h2-5,9,11-12H,6-7H2,1H3,(H2,18,19,20,21). The molecule has 1 aliphatic rings. The maximum Gasteiger partial charge on any atom is 0.321 e. The number of thiazole rings is 1. The predicted molar refractivity (Wildman–Crippen MR) is 87.7 cm³/mol. The van der Waals surface area contributed by atoms with Crippen molar-refractivity contribution in [2.75, 3.05) is 12.4 Å². The van der Waals surface area contributed by atoms with Crippen LogP contribution in [0.2, 0.25) is 0 Å². The molecule has 2 N–H and O–H groups in total. The molecule has 1 saturated carbocycles. The largest absolute Gasteiger partial charge is 0.497 e. The molecule has 1 aliphatic carbocycles. The van der Waals surface area contributed by atoms with E-state index in [0.717, 1.165) is 29.9 Å². The van der Waals surface area contributed by atoms with E-state index >= 15 is 0 Å². The summed E-state index contributed by atoms with van der Waals surface area (Å²) in [6, 6.07) is 9.93. The molecule has 1 heterocycles. The highest BCUT2D eigenvalue weighted by atomic mass is 32.1. The summed E-state index contributed by atoms with van der Waals surface area (Å²) in [6.07, 6.45) is 3.28.